The van der Waals surface area contributed by atoms with E-state index in [0.29, 0.717) is 29.9 Å². The summed E-state index contributed by atoms with van der Waals surface area (Å²) < 4.78 is 10.5. The molecule has 1 aromatic rings. The number of aromatic hydroxyl groups is 1. The van der Waals surface area contributed by atoms with E-state index in [1.165, 1.54) is 19.2 Å². The molecule has 0 aliphatic carbocycles. The van der Waals surface area contributed by atoms with Crippen molar-refractivity contribution in [1.29, 1.82) is 0 Å². The first-order valence-corrected chi connectivity index (χ1v) is 7.06. The Labute approximate surface area is 152 Å². The van der Waals surface area contributed by atoms with E-state index in [9.17, 15) is 14.7 Å². The SMILES string of the molecule is COC(=O)c1ccc(NC(=O)C[N+]2(C)CCOCC2)cc1O.[I-]. The number of carbonyl (C=O) groups excluding carboxylic acids is 2. The number of methoxy groups -OCH3 is 1. The first kappa shape index (κ1) is 19.7. The van der Waals surface area contributed by atoms with E-state index in [1.807, 2.05) is 7.05 Å². The van der Waals surface area contributed by atoms with Crippen molar-refractivity contribution in [3.63, 3.8) is 0 Å². The Bertz CT molecular complexity index is 573. The fourth-order valence-corrected chi connectivity index (χ4v) is 2.38. The summed E-state index contributed by atoms with van der Waals surface area (Å²) in [7, 11) is 3.25. The number of esters is 1. The number of quaternary nitrogens is 1. The number of benzene rings is 1. The van der Waals surface area contributed by atoms with Gasteiger partial charge in [-0.1, -0.05) is 0 Å². The van der Waals surface area contributed by atoms with Crippen molar-refractivity contribution in [2.45, 2.75) is 0 Å². The summed E-state index contributed by atoms with van der Waals surface area (Å²) in [6, 6.07) is 4.31. The monoisotopic (exact) mass is 436 g/mol. The molecule has 1 aromatic carbocycles. The van der Waals surface area contributed by atoms with Crippen LogP contribution in [0.25, 0.3) is 0 Å². The summed E-state index contributed by atoms with van der Waals surface area (Å²) in [5, 5.41) is 12.5. The van der Waals surface area contributed by atoms with E-state index < -0.39 is 5.97 Å². The Morgan fingerprint density at radius 3 is 2.57 bits per heavy atom. The van der Waals surface area contributed by atoms with Gasteiger partial charge in [0.1, 0.15) is 24.4 Å². The summed E-state index contributed by atoms with van der Waals surface area (Å²) in [4.78, 5) is 23.5. The molecule has 0 spiro atoms. The van der Waals surface area contributed by atoms with E-state index >= 15 is 0 Å². The van der Waals surface area contributed by atoms with E-state index in [0.717, 1.165) is 13.1 Å². The molecule has 0 bridgehead atoms. The normalized spacial score (nSPS) is 16.1. The lowest BCUT2D eigenvalue weighted by atomic mass is 10.2. The third-order valence-electron chi connectivity index (χ3n) is 3.76. The fourth-order valence-electron chi connectivity index (χ4n) is 2.38. The highest BCUT2D eigenvalue weighted by Crippen LogP contribution is 2.22. The second-order valence-electron chi connectivity index (χ2n) is 5.61. The fraction of sp³-hybridized carbons (Fsp3) is 0.467. The van der Waals surface area contributed by atoms with E-state index in [4.69, 9.17) is 4.74 Å². The molecule has 7 nitrogen and oxygen atoms in total. The first-order valence-electron chi connectivity index (χ1n) is 7.06. The minimum atomic E-state index is -0.623. The number of rotatable bonds is 4. The van der Waals surface area contributed by atoms with Crippen LogP contribution in [0.2, 0.25) is 0 Å². The minimum absolute atomic E-state index is 0. The highest BCUT2D eigenvalue weighted by atomic mass is 127. The van der Waals surface area contributed by atoms with Crippen LogP contribution in [0.1, 0.15) is 10.4 Å². The molecular formula is C15H21IN2O5. The van der Waals surface area contributed by atoms with Crippen LogP contribution < -0.4 is 29.3 Å². The standard InChI is InChI=1S/C15H20N2O5.HI/c1-17(5-7-22-8-6-17)10-14(19)16-11-3-4-12(13(18)9-11)15(20)21-2;/h3-4,9H,5-8,10H2,1-2H3,(H-,16,18,19,20);1H. The molecule has 0 atom stereocenters. The number of likely N-dealkylation sites (N-methyl/N-ethyl adjacent to an activating group) is 1. The molecule has 128 valence electrons. The number of amides is 1. The largest absolute Gasteiger partial charge is 1.00 e. The van der Waals surface area contributed by atoms with Crippen molar-refractivity contribution in [3.8, 4) is 5.75 Å². The highest BCUT2D eigenvalue weighted by molar-refractivity contribution is 5.95. The van der Waals surface area contributed by atoms with E-state index in [2.05, 4.69) is 10.1 Å². The molecule has 23 heavy (non-hydrogen) atoms. The summed E-state index contributed by atoms with van der Waals surface area (Å²) >= 11 is 0. The second kappa shape index (κ2) is 8.46. The zero-order valence-corrected chi connectivity index (χ0v) is 15.3. The second-order valence-corrected chi connectivity index (χ2v) is 5.61. The molecule has 1 fully saturated rings. The summed E-state index contributed by atoms with van der Waals surface area (Å²) in [6.07, 6.45) is 0. The lowest BCUT2D eigenvalue weighted by Gasteiger charge is -2.36. The number of nitrogens with one attached hydrogen (secondary N) is 1. The number of hydrogen-bond acceptors (Lipinski definition) is 5. The van der Waals surface area contributed by atoms with E-state index in [-0.39, 0.29) is 41.2 Å². The summed E-state index contributed by atoms with van der Waals surface area (Å²) in [5.74, 6) is -0.993. The number of halogens is 1. The Kier molecular flexibility index (Phi) is 7.23. The number of morpholine rings is 1. The number of carbonyl (C=O) groups is 2. The average molecular weight is 436 g/mol. The van der Waals surface area contributed by atoms with Crippen LogP contribution in [0.15, 0.2) is 18.2 Å². The molecule has 2 rings (SSSR count). The van der Waals surface area contributed by atoms with Crippen molar-refractivity contribution >= 4 is 17.6 Å². The summed E-state index contributed by atoms with van der Waals surface area (Å²) in [5.41, 5.74) is 0.502. The third-order valence-corrected chi connectivity index (χ3v) is 3.76. The molecule has 0 radical (unpaired) electrons. The van der Waals surface area contributed by atoms with Gasteiger partial charge in [0.05, 0.1) is 27.4 Å². The van der Waals surface area contributed by atoms with Gasteiger partial charge in [-0.2, -0.15) is 0 Å². The maximum atomic E-state index is 12.1. The van der Waals surface area contributed by atoms with Gasteiger partial charge in [-0.25, -0.2) is 4.79 Å². The predicted molar refractivity (Wildman–Crippen MR) is 79.7 cm³/mol. The Balaban J connectivity index is 0.00000264. The molecule has 2 N–H and O–H groups in total. The van der Waals surface area contributed by atoms with Crippen LogP contribution in [0.5, 0.6) is 5.75 Å². The molecule has 0 aromatic heterocycles. The molecule has 1 saturated heterocycles. The number of anilines is 1. The van der Waals surface area contributed by atoms with Gasteiger partial charge in [-0.05, 0) is 12.1 Å². The van der Waals surface area contributed by atoms with Crippen LogP contribution in [0, 0.1) is 0 Å². The third kappa shape index (κ3) is 5.33. The number of phenols is 1. The minimum Gasteiger partial charge on any atom is -1.00 e. The number of hydrogen-bond donors (Lipinski definition) is 2. The molecule has 1 aliphatic heterocycles. The van der Waals surface area contributed by atoms with Gasteiger partial charge in [0.2, 0.25) is 0 Å². The van der Waals surface area contributed by atoms with Crippen LogP contribution in [0.3, 0.4) is 0 Å². The van der Waals surface area contributed by atoms with Gasteiger partial charge >= 0.3 is 5.97 Å². The lowest BCUT2D eigenvalue weighted by Crippen LogP contribution is -3.00. The average Bonchev–Trinajstić information content (AvgIpc) is 2.46. The zero-order chi connectivity index (χ0) is 16.2. The van der Waals surface area contributed by atoms with Crippen molar-refractivity contribution in [1.82, 2.24) is 0 Å². The predicted octanol–water partition coefficient (Wildman–Crippen LogP) is -2.40. The van der Waals surface area contributed by atoms with Crippen LogP contribution in [0.4, 0.5) is 5.69 Å². The topological polar surface area (TPSA) is 84.9 Å². The molecule has 0 saturated carbocycles. The smallest absolute Gasteiger partial charge is 0.341 e. The molecule has 0 unspecified atom stereocenters. The summed E-state index contributed by atoms with van der Waals surface area (Å²) in [6.45, 7) is 3.22. The molecule has 1 amide bonds. The van der Waals surface area contributed by atoms with Crippen molar-refractivity contribution < 1.29 is 52.6 Å². The van der Waals surface area contributed by atoms with Crippen molar-refractivity contribution in [2.24, 2.45) is 0 Å². The van der Waals surface area contributed by atoms with Gasteiger partial charge in [0.25, 0.3) is 5.91 Å². The Hall–Kier alpha value is -1.39. The Morgan fingerprint density at radius 2 is 2.00 bits per heavy atom. The van der Waals surface area contributed by atoms with Crippen LogP contribution >= 0.6 is 0 Å². The molecule has 1 heterocycles. The zero-order valence-electron chi connectivity index (χ0n) is 13.2. The quantitative estimate of drug-likeness (QED) is 0.313. The van der Waals surface area contributed by atoms with Gasteiger partial charge < -0.3 is 48.4 Å². The maximum Gasteiger partial charge on any atom is 0.341 e. The number of ether oxygens (including phenoxy) is 2. The lowest BCUT2D eigenvalue weighted by molar-refractivity contribution is -0.909. The van der Waals surface area contributed by atoms with Gasteiger partial charge in [-0.15, -0.1) is 0 Å². The van der Waals surface area contributed by atoms with Gasteiger partial charge in [0, 0.05) is 11.8 Å². The highest BCUT2D eigenvalue weighted by Gasteiger charge is 2.28. The maximum absolute atomic E-state index is 12.1. The van der Waals surface area contributed by atoms with Crippen LogP contribution in [-0.2, 0) is 14.3 Å². The number of phenolic OH excluding ortho intramolecular Hbond substituents is 1. The van der Waals surface area contributed by atoms with Gasteiger partial charge in [0.15, 0.2) is 6.54 Å². The van der Waals surface area contributed by atoms with Gasteiger partial charge in [-0.3, -0.25) is 4.79 Å². The van der Waals surface area contributed by atoms with Crippen molar-refractivity contribution in [3.05, 3.63) is 23.8 Å². The van der Waals surface area contributed by atoms with E-state index in [1.54, 1.807) is 6.07 Å². The first-order chi connectivity index (χ1) is 10.4. The van der Waals surface area contributed by atoms with Crippen LogP contribution in [-0.4, -0.2) is 68.5 Å². The molecule has 8 heteroatoms. The molecular weight excluding hydrogens is 415 g/mol. The Morgan fingerprint density at radius 1 is 1.35 bits per heavy atom. The molecule has 1 aliphatic rings. The van der Waals surface area contributed by atoms with Crippen molar-refractivity contribution in [2.75, 3.05) is 52.3 Å². The number of nitrogens with zero attached hydrogens (tertiary/aromatic N) is 1.